The molecule has 1 rings (SSSR count). The zero-order valence-electron chi connectivity index (χ0n) is 5.47. The lowest BCUT2D eigenvalue weighted by Crippen LogP contribution is -1.59. The van der Waals surface area contributed by atoms with Gasteiger partial charge < -0.3 is 4.98 Å². The molecular weight excluding hydrogens is 76.1 g/mol. The molecule has 1 heterocycles. The third-order valence-electron chi connectivity index (χ3n) is 0.535. The molecule has 0 amide bonds. The van der Waals surface area contributed by atoms with Crippen molar-refractivity contribution in [2.24, 2.45) is 0 Å². The maximum atomic E-state index is 7.04. The average Bonchev–Trinajstić information content (AvgIpc) is 1.98. The maximum Gasteiger partial charge on any atom is 0.167 e. The second-order valence-corrected chi connectivity index (χ2v) is 1.07. The van der Waals surface area contributed by atoms with Crippen molar-refractivity contribution in [3.8, 4) is 0 Å². The average molecular weight is 84.1 g/mol. The molecule has 0 fully saturated rings. The molecular formula is C4H6N2. The van der Waals surface area contributed by atoms with Crippen molar-refractivity contribution in [3.05, 3.63) is 18.2 Å². The summed E-state index contributed by atoms with van der Waals surface area (Å²) in [7, 11) is 0. The quantitative estimate of drug-likeness (QED) is 0.493. The van der Waals surface area contributed by atoms with E-state index in [0.717, 1.165) is 4.98 Å². The van der Waals surface area contributed by atoms with Crippen molar-refractivity contribution >= 4 is 0 Å². The van der Waals surface area contributed by atoms with Gasteiger partial charge in [-0.15, -0.1) is 0 Å². The van der Waals surface area contributed by atoms with E-state index in [0.29, 0.717) is 5.69 Å². The van der Waals surface area contributed by atoms with Crippen molar-refractivity contribution in [2.45, 2.75) is 6.92 Å². The fourth-order valence-corrected chi connectivity index (χ4v) is 0.267. The minimum absolute atomic E-state index is 0.157. The van der Waals surface area contributed by atoms with E-state index in [1.807, 2.05) is 0 Å². The van der Waals surface area contributed by atoms with E-state index in [9.17, 15) is 0 Å². The van der Waals surface area contributed by atoms with Crippen LogP contribution in [0.2, 0.25) is 1.41 Å². The number of nitrogens with one attached hydrogen (secondary N) is 1. The van der Waals surface area contributed by atoms with Crippen molar-refractivity contribution in [1.29, 1.82) is 0 Å². The normalized spacial score (nSPS) is 13.5. The SMILES string of the molecule is [2H]c1c(C)ncn1[2H]. The number of rotatable bonds is 0. The number of aryl methyl sites for hydroxylation is 1. The Kier molecular flexibility index (Phi) is 0.333. The fourth-order valence-electron chi connectivity index (χ4n) is 0.267. The molecule has 1 aromatic rings. The standard InChI is InChI=1S/C4H6N2/c1-4-2-5-3-6-4/h2-3H,1H3,(H,5,6)/i2D/hD. The monoisotopic (exact) mass is 84.1 g/mol. The maximum absolute atomic E-state index is 7.04. The summed E-state index contributed by atoms with van der Waals surface area (Å²) in [6.45, 7) is 1.70. The summed E-state index contributed by atoms with van der Waals surface area (Å²) in [5, 5.41) is 0. The highest BCUT2D eigenvalue weighted by Gasteiger charge is 1.74. The summed E-state index contributed by atoms with van der Waals surface area (Å²) in [5.41, 5.74) is 0.597. The smallest absolute Gasteiger partial charge is 0.167 e. The number of hydrogen-bond donors (Lipinski definition) is 1. The van der Waals surface area contributed by atoms with E-state index in [4.69, 9.17) is 2.78 Å². The molecule has 2 nitrogen and oxygen atoms in total. The zero-order valence-corrected chi connectivity index (χ0v) is 3.47. The van der Waals surface area contributed by atoms with E-state index in [2.05, 4.69) is 4.98 Å². The molecule has 0 aliphatic heterocycles. The van der Waals surface area contributed by atoms with Gasteiger partial charge in [-0.3, -0.25) is 0 Å². The molecule has 0 aliphatic carbocycles. The van der Waals surface area contributed by atoms with Crippen LogP contribution in [0.3, 0.4) is 0 Å². The summed E-state index contributed by atoms with van der Waals surface area (Å²) >= 11 is 0. The minimum Gasteiger partial charge on any atom is -0.351 e. The van der Waals surface area contributed by atoms with Gasteiger partial charge in [0.25, 0.3) is 0 Å². The highest BCUT2D eigenvalue weighted by Crippen LogP contribution is 1.81. The lowest BCUT2D eigenvalue weighted by molar-refractivity contribution is 1.25. The molecule has 1 N–H and O–H groups in total. The van der Waals surface area contributed by atoms with Crippen LogP contribution in [0.15, 0.2) is 12.5 Å². The van der Waals surface area contributed by atoms with E-state index in [1.165, 1.54) is 6.33 Å². The lowest BCUT2D eigenvalue weighted by Gasteiger charge is -1.64. The van der Waals surface area contributed by atoms with Gasteiger partial charge in [0.1, 0.15) is 0 Å². The topological polar surface area (TPSA) is 28.7 Å². The molecule has 0 aliphatic rings. The predicted molar refractivity (Wildman–Crippen MR) is 23.3 cm³/mol. The van der Waals surface area contributed by atoms with E-state index < -0.39 is 0 Å². The Labute approximate surface area is 39.1 Å². The lowest BCUT2D eigenvalue weighted by atomic mass is 10.6. The van der Waals surface area contributed by atoms with E-state index in [1.54, 1.807) is 6.92 Å². The summed E-state index contributed by atoms with van der Waals surface area (Å²) in [6, 6.07) is 0. The molecule has 0 unspecified atom stereocenters. The van der Waals surface area contributed by atoms with Gasteiger partial charge in [0.2, 0.25) is 0 Å². The van der Waals surface area contributed by atoms with Crippen LogP contribution >= 0.6 is 0 Å². The Morgan fingerprint density at radius 2 is 3.17 bits per heavy atom. The Hall–Kier alpha value is -0.790. The number of aromatic nitrogens is 2. The molecule has 0 aromatic carbocycles. The number of aromatic amines is 1. The molecule has 0 atom stereocenters. The molecule has 2 heteroatoms. The van der Waals surface area contributed by atoms with E-state index in [-0.39, 0.29) is 6.17 Å². The summed E-state index contributed by atoms with van der Waals surface area (Å²) in [6.07, 6.45) is 1.46. The van der Waals surface area contributed by atoms with Crippen LogP contribution in [-0.4, -0.2) is 9.96 Å². The second-order valence-electron chi connectivity index (χ2n) is 1.07. The zero-order chi connectivity index (χ0) is 6.15. The largest absolute Gasteiger partial charge is 0.351 e. The first-order valence-electron chi connectivity index (χ1n) is 2.66. The molecule has 0 radical (unpaired) electrons. The first kappa shape index (κ1) is 1.78. The number of H-pyrrole nitrogens is 1. The van der Waals surface area contributed by atoms with Crippen LogP contribution in [0.25, 0.3) is 0 Å². The van der Waals surface area contributed by atoms with Gasteiger partial charge in [0, 0.05) is 6.17 Å². The molecule has 0 spiro atoms. The third kappa shape index (κ3) is 0.407. The van der Waals surface area contributed by atoms with Gasteiger partial charge in [-0.1, -0.05) is 0 Å². The van der Waals surface area contributed by atoms with Crippen molar-refractivity contribution < 1.29 is 2.78 Å². The Morgan fingerprint density at radius 3 is 3.33 bits per heavy atom. The van der Waals surface area contributed by atoms with Gasteiger partial charge in [-0.05, 0) is 6.92 Å². The predicted octanol–water partition coefficient (Wildman–Crippen LogP) is 0.718. The number of imidazole rings is 1. The van der Waals surface area contributed by atoms with Crippen molar-refractivity contribution in [3.63, 3.8) is 0 Å². The van der Waals surface area contributed by atoms with Crippen LogP contribution < -0.4 is 0 Å². The van der Waals surface area contributed by atoms with E-state index >= 15 is 0 Å². The molecule has 0 saturated carbocycles. The van der Waals surface area contributed by atoms with Gasteiger partial charge in [0.15, 0.2) is 1.41 Å². The minimum atomic E-state index is 0.157. The van der Waals surface area contributed by atoms with Gasteiger partial charge >= 0.3 is 0 Å². The fraction of sp³-hybridized carbons (Fsp3) is 0.250. The van der Waals surface area contributed by atoms with Crippen LogP contribution in [0.4, 0.5) is 0 Å². The van der Waals surface area contributed by atoms with Crippen LogP contribution in [0.1, 0.15) is 7.06 Å². The Morgan fingerprint density at radius 1 is 2.33 bits per heavy atom. The van der Waals surface area contributed by atoms with Crippen molar-refractivity contribution in [1.82, 2.24) is 9.96 Å². The first-order valence-corrected chi connectivity index (χ1v) is 1.71. The summed E-state index contributed by atoms with van der Waals surface area (Å²) < 4.78 is 13.9. The highest BCUT2D eigenvalue weighted by molar-refractivity contribution is 4.87. The Balaban J connectivity index is 3.19. The molecule has 1 aromatic heterocycles. The van der Waals surface area contributed by atoms with Crippen LogP contribution in [-0.2, 0) is 0 Å². The van der Waals surface area contributed by atoms with Gasteiger partial charge in [-0.25, -0.2) is 4.98 Å². The Bertz CT molecular complexity index is 174. The molecule has 32 valence electrons. The second kappa shape index (κ2) is 1.12. The van der Waals surface area contributed by atoms with Crippen molar-refractivity contribution in [2.75, 3.05) is 0 Å². The van der Waals surface area contributed by atoms with Gasteiger partial charge in [0.05, 0.1) is 13.4 Å². The number of hydrogen-bond acceptors (Lipinski definition) is 1. The molecule has 6 heavy (non-hydrogen) atoms. The molecule has 0 bridgehead atoms. The van der Waals surface area contributed by atoms with Crippen LogP contribution in [0.5, 0.6) is 0 Å². The number of nitrogens with zero attached hydrogens (tertiary/aromatic N) is 1. The molecule has 0 saturated heterocycles. The highest BCUT2D eigenvalue weighted by atomic mass is 14.8. The third-order valence-corrected chi connectivity index (χ3v) is 0.535. The summed E-state index contributed by atoms with van der Waals surface area (Å²) in [4.78, 5) is 4.63. The summed E-state index contributed by atoms with van der Waals surface area (Å²) in [5.74, 6) is 0. The van der Waals surface area contributed by atoms with Gasteiger partial charge in [-0.2, -0.15) is 0 Å². The first-order chi connectivity index (χ1) is 3.72. The van der Waals surface area contributed by atoms with Crippen LogP contribution in [0, 0.1) is 6.92 Å².